The lowest BCUT2D eigenvalue weighted by molar-refractivity contribution is 0.104. The first-order chi connectivity index (χ1) is 10.3. The Morgan fingerprint density at radius 2 is 1.86 bits per heavy atom. The molecule has 2 aromatic carbocycles. The maximum absolute atomic E-state index is 12.6. The highest BCUT2D eigenvalue weighted by Gasteiger charge is 2.14. The maximum atomic E-state index is 12.6. The van der Waals surface area contributed by atoms with Crippen molar-refractivity contribution in [2.24, 2.45) is 0 Å². The molecule has 0 aliphatic rings. The number of fused-ring (bicyclic) bond motifs is 1. The summed E-state index contributed by atoms with van der Waals surface area (Å²) in [5, 5.41) is 2.97. The molecule has 0 unspecified atom stereocenters. The van der Waals surface area contributed by atoms with Crippen LogP contribution in [0, 0.1) is 0 Å². The third-order valence-corrected chi connectivity index (χ3v) is 4.28. The average Bonchev–Trinajstić information content (AvgIpc) is 2.97. The van der Waals surface area contributed by atoms with Crippen LogP contribution in [-0.4, -0.2) is 12.4 Å². The average molecular weight is 296 g/mol. The molecule has 0 spiro atoms. The molecule has 3 rings (SSSR count). The Kier molecular flexibility index (Phi) is 4.02. The van der Waals surface area contributed by atoms with E-state index in [4.69, 9.17) is 4.74 Å². The Morgan fingerprint density at radius 1 is 1.10 bits per heavy atom. The van der Waals surface area contributed by atoms with Gasteiger partial charge in [-0.05, 0) is 36.8 Å². The van der Waals surface area contributed by atoms with Crippen LogP contribution < -0.4 is 4.74 Å². The summed E-state index contributed by atoms with van der Waals surface area (Å²) in [4.78, 5) is 12.6. The van der Waals surface area contributed by atoms with Crippen molar-refractivity contribution in [3.8, 4) is 5.75 Å². The van der Waals surface area contributed by atoms with Gasteiger partial charge in [0.2, 0.25) is 0 Å². The summed E-state index contributed by atoms with van der Waals surface area (Å²) in [7, 11) is 0. The number of benzene rings is 2. The van der Waals surface area contributed by atoms with Crippen molar-refractivity contribution in [3.05, 3.63) is 65.0 Å². The highest BCUT2D eigenvalue weighted by atomic mass is 32.1. The minimum Gasteiger partial charge on any atom is -0.494 e. The summed E-state index contributed by atoms with van der Waals surface area (Å²) < 4.78 is 6.68. The van der Waals surface area contributed by atoms with Crippen LogP contribution in [0.5, 0.6) is 5.75 Å². The smallest absolute Gasteiger partial charge is 0.194 e. The van der Waals surface area contributed by atoms with Gasteiger partial charge in [-0.25, -0.2) is 0 Å². The number of rotatable bonds is 5. The largest absolute Gasteiger partial charge is 0.494 e. The van der Waals surface area contributed by atoms with Crippen molar-refractivity contribution >= 4 is 27.2 Å². The Balaban J connectivity index is 1.88. The molecule has 2 nitrogen and oxygen atoms in total. The Hall–Kier alpha value is -2.13. The number of carbonyl (C=O) groups is 1. The molecule has 0 bridgehead atoms. The molecule has 0 amide bonds. The van der Waals surface area contributed by atoms with Gasteiger partial charge in [-0.3, -0.25) is 4.79 Å². The van der Waals surface area contributed by atoms with Gasteiger partial charge in [0.05, 0.1) is 6.61 Å². The van der Waals surface area contributed by atoms with E-state index < -0.39 is 0 Å². The van der Waals surface area contributed by atoms with E-state index in [2.05, 4.69) is 6.92 Å². The molecule has 0 aliphatic carbocycles. The zero-order valence-electron chi connectivity index (χ0n) is 11.8. The summed E-state index contributed by atoms with van der Waals surface area (Å²) in [6, 6.07) is 15.4. The fraction of sp³-hybridized carbons (Fsp3) is 0.167. The van der Waals surface area contributed by atoms with E-state index in [1.54, 1.807) is 11.3 Å². The van der Waals surface area contributed by atoms with Gasteiger partial charge in [-0.1, -0.05) is 25.1 Å². The Bertz CT molecular complexity index is 756. The predicted octanol–water partition coefficient (Wildman–Crippen LogP) is 4.92. The second-order valence-electron chi connectivity index (χ2n) is 4.85. The van der Waals surface area contributed by atoms with Crippen LogP contribution in [0.1, 0.15) is 29.3 Å². The highest BCUT2D eigenvalue weighted by molar-refractivity contribution is 7.17. The standard InChI is InChI=1S/C18H16O2S/c1-2-11-20-14-9-7-13(8-10-14)18(19)16-12-21-17-6-4-3-5-15(16)17/h3-10,12H,2,11H2,1H3. The van der Waals surface area contributed by atoms with Gasteiger partial charge in [0.15, 0.2) is 5.78 Å². The topological polar surface area (TPSA) is 26.3 Å². The van der Waals surface area contributed by atoms with E-state index in [-0.39, 0.29) is 5.78 Å². The molecule has 0 saturated heterocycles. The SMILES string of the molecule is CCCOc1ccc(C(=O)c2csc3ccccc23)cc1. The quantitative estimate of drug-likeness (QED) is 0.625. The molecule has 106 valence electrons. The molecule has 0 radical (unpaired) electrons. The first kappa shape index (κ1) is 13.8. The lowest BCUT2D eigenvalue weighted by Gasteiger charge is -2.05. The second kappa shape index (κ2) is 6.10. The monoisotopic (exact) mass is 296 g/mol. The zero-order valence-corrected chi connectivity index (χ0v) is 12.7. The Morgan fingerprint density at radius 3 is 2.62 bits per heavy atom. The zero-order chi connectivity index (χ0) is 14.7. The maximum Gasteiger partial charge on any atom is 0.194 e. The van der Waals surface area contributed by atoms with Gasteiger partial charge in [-0.15, -0.1) is 11.3 Å². The second-order valence-corrected chi connectivity index (χ2v) is 5.76. The molecular weight excluding hydrogens is 280 g/mol. The number of ether oxygens (including phenoxy) is 1. The van der Waals surface area contributed by atoms with Gasteiger partial charge in [0.25, 0.3) is 0 Å². The molecule has 1 aromatic heterocycles. The minimum atomic E-state index is 0.0643. The van der Waals surface area contributed by atoms with E-state index in [0.29, 0.717) is 12.2 Å². The summed E-state index contributed by atoms with van der Waals surface area (Å²) >= 11 is 1.61. The van der Waals surface area contributed by atoms with E-state index in [1.165, 1.54) is 0 Å². The molecule has 0 aliphatic heterocycles. The third-order valence-electron chi connectivity index (χ3n) is 3.31. The van der Waals surface area contributed by atoms with Crippen LogP contribution in [-0.2, 0) is 0 Å². The number of ketones is 1. The van der Waals surface area contributed by atoms with E-state index in [1.807, 2.05) is 53.9 Å². The van der Waals surface area contributed by atoms with Crippen molar-refractivity contribution < 1.29 is 9.53 Å². The third kappa shape index (κ3) is 2.83. The van der Waals surface area contributed by atoms with Crippen molar-refractivity contribution in [1.29, 1.82) is 0 Å². The number of hydrogen-bond acceptors (Lipinski definition) is 3. The van der Waals surface area contributed by atoms with E-state index >= 15 is 0 Å². The molecular formula is C18H16O2S. The van der Waals surface area contributed by atoms with Gasteiger partial charge in [0, 0.05) is 26.6 Å². The molecule has 21 heavy (non-hydrogen) atoms. The van der Waals surface area contributed by atoms with Gasteiger partial charge >= 0.3 is 0 Å². The fourth-order valence-corrected chi connectivity index (χ4v) is 3.17. The van der Waals surface area contributed by atoms with Crippen molar-refractivity contribution in [2.45, 2.75) is 13.3 Å². The van der Waals surface area contributed by atoms with Crippen LogP contribution in [0.25, 0.3) is 10.1 Å². The fourth-order valence-electron chi connectivity index (χ4n) is 2.23. The minimum absolute atomic E-state index is 0.0643. The number of carbonyl (C=O) groups excluding carboxylic acids is 1. The van der Waals surface area contributed by atoms with Crippen LogP contribution in [0.3, 0.4) is 0 Å². The van der Waals surface area contributed by atoms with Crippen molar-refractivity contribution in [1.82, 2.24) is 0 Å². The summed E-state index contributed by atoms with van der Waals surface area (Å²) in [5.74, 6) is 0.873. The lowest BCUT2D eigenvalue weighted by atomic mass is 10.0. The van der Waals surface area contributed by atoms with Gasteiger partial charge < -0.3 is 4.74 Å². The van der Waals surface area contributed by atoms with Crippen LogP contribution in [0.15, 0.2) is 53.9 Å². The van der Waals surface area contributed by atoms with Crippen LogP contribution in [0.2, 0.25) is 0 Å². The molecule has 3 heteroatoms. The van der Waals surface area contributed by atoms with Gasteiger partial charge in [0.1, 0.15) is 5.75 Å². The molecule has 0 atom stereocenters. The van der Waals surface area contributed by atoms with Crippen LogP contribution in [0.4, 0.5) is 0 Å². The molecule has 3 aromatic rings. The molecule has 1 heterocycles. The van der Waals surface area contributed by atoms with Crippen molar-refractivity contribution in [3.63, 3.8) is 0 Å². The molecule has 0 fully saturated rings. The number of thiophene rings is 1. The van der Waals surface area contributed by atoms with Crippen LogP contribution >= 0.6 is 11.3 Å². The first-order valence-corrected chi connectivity index (χ1v) is 7.91. The van der Waals surface area contributed by atoms with E-state index in [0.717, 1.165) is 27.8 Å². The number of hydrogen-bond donors (Lipinski definition) is 0. The lowest BCUT2D eigenvalue weighted by Crippen LogP contribution is -2.01. The summed E-state index contributed by atoms with van der Waals surface area (Å²) in [5.41, 5.74) is 1.47. The predicted molar refractivity (Wildman–Crippen MR) is 87.5 cm³/mol. The summed E-state index contributed by atoms with van der Waals surface area (Å²) in [6.45, 7) is 2.77. The van der Waals surface area contributed by atoms with Gasteiger partial charge in [-0.2, -0.15) is 0 Å². The molecule has 0 N–H and O–H groups in total. The Labute approximate surface area is 128 Å². The first-order valence-electron chi connectivity index (χ1n) is 7.03. The normalized spacial score (nSPS) is 10.7. The molecule has 0 saturated carbocycles. The van der Waals surface area contributed by atoms with Crippen molar-refractivity contribution in [2.75, 3.05) is 6.61 Å². The highest BCUT2D eigenvalue weighted by Crippen LogP contribution is 2.28. The van der Waals surface area contributed by atoms with E-state index in [9.17, 15) is 4.79 Å². The summed E-state index contributed by atoms with van der Waals surface area (Å²) in [6.07, 6.45) is 0.974.